The predicted octanol–water partition coefficient (Wildman–Crippen LogP) is 4.92. The van der Waals surface area contributed by atoms with Crippen molar-refractivity contribution >= 4 is 43.2 Å². The number of rotatable bonds is 4. The van der Waals surface area contributed by atoms with E-state index >= 15 is 0 Å². The monoisotopic (exact) mass is 385 g/mol. The molecule has 0 radical (unpaired) electrons. The van der Waals surface area contributed by atoms with Gasteiger partial charge in [-0.05, 0) is 49.9 Å². The molecular weight excluding hydrogens is 374 g/mol. The van der Waals surface area contributed by atoms with Gasteiger partial charge in [0.2, 0.25) is 0 Å². The van der Waals surface area contributed by atoms with Gasteiger partial charge in [-0.25, -0.2) is 0 Å². The molecule has 1 aliphatic carbocycles. The van der Waals surface area contributed by atoms with Crippen LogP contribution in [0.5, 0.6) is 0 Å². The van der Waals surface area contributed by atoms with E-state index in [9.17, 15) is 0 Å². The minimum absolute atomic E-state index is 0.645. The molecule has 1 aromatic heterocycles. The third-order valence-corrected chi connectivity index (χ3v) is 6.51. The standard InChI is InChI=1S/C14H13Br2NS/c15-12-6-10(18-14(12)16)8-17-13-7-11(13)9-4-2-1-3-5-9/h1-6,11,13,17H,7-8H2. The second kappa shape index (κ2) is 5.45. The highest BCUT2D eigenvalue weighted by Gasteiger charge is 2.37. The van der Waals surface area contributed by atoms with Crippen LogP contribution in [0.1, 0.15) is 22.8 Å². The normalized spacial score (nSPS) is 22.1. The van der Waals surface area contributed by atoms with E-state index < -0.39 is 0 Å². The lowest BCUT2D eigenvalue weighted by molar-refractivity contribution is 0.679. The highest BCUT2D eigenvalue weighted by atomic mass is 79.9. The lowest BCUT2D eigenvalue weighted by Crippen LogP contribution is -2.16. The van der Waals surface area contributed by atoms with Crippen LogP contribution in [0.3, 0.4) is 0 Å². The maximum Gasteiger partial charge on any atom is 0.0843 e. The third-order valence-electron chi connectivity index (χ3n) is 3.25. The van der Waals surface area contributed by atoms with Crippen LogP contribution in [0.4, 0.5) is 0 Å². The fourth-order valence-electron chi connectivity index (χ4n) is 2.20. The molecule has 18 heavy (non-hydrogen) atoms. The van der Waals surface area contributed by atoms with Gasteiger partial charge in [0.15, 0.2) is 0 Å². The Balaban J connectivity index is 1.54. The molecule has 1 nitrogen and oxygen atoms in total. The van der Waals surface area contributed by atoms with Crippen LogP contribution in [-0.4, -0.2) is 6.04 Å². The zero-order valence-corrected chi connectivity index (χ0v) is 13.7. The second-order valence-electron chi connectivity index (χ2n) is 4.57. The van der Waals surface area contributed by atoms with Crippen LogP contribution >= 0.6 is 43.2 Å². The molecule has 94 valence electrons. The van der Waals surface area contributed by atoms with Crippen LogP contribution in [0, 0.1) is 0 Å². The summed E-state index contributed by atoms with van der Waals surface area (Å²) < 4.78 is 2.33. The number of halogens is 2. The number of nitrogens with one attached hydrogen (secondary N) is 1. The molecule has 0 saturated heterocycles. The molecule has 0 bridgehead atoms. The fraction of sp³-hybridized carbons (Fsp3) is 0.286. The Bertz CT molecular complexity index is 518. The number of hydrogen-bond acceptors (Lipinski definition) is 2. The summed E-state index contributed by atoms with van der Waals surface area (Å²) in [6, 6.07) is 13.6. The molecule has 1 aromatic carbocycles. The molecule has 1 heterocycles. The first-order chi connectivity index (χ1) is 8.74. The Labute approximate surface area is 128 Å². The highest BCUT2D eigenvalue weighted by Crippen LogP contribution is 2.41. The van der Waals surface area contributed by atoms with Crippen LogP contribution < -0.4 is 5.32 Å². The van der Waals surface area contributed by atoms with Crippen molar-refractivity contribution in [2.24, 2.45) is 0 Å². The summed E-state index contributed by atoms with van der Waals surface area (Å²) in [5, 5.41) is 3.63. The molecule has 2 unspecified atom stereocenters. The SMILES string of the molecule is Brc1cc(CNC2CC2c2ccccc2)sc1Br. The molecule has 1 fully saturated rings. The van der Waals surface area contributed by atoms with Gasteiger partial charge in [0.1, 0.15) is 0 Å². The maximum absolute atomic E-state index is 3.63. The zero-order chi connectivity index (χ0) is 12.5. The van der Waals surface area contributed by atoms with Crippen molar-refractivity contribution in [2.45, 2.75) is 24.9 Å². The minimum atomic E-state index is 0.645. The average molecular weight is 387 g/mol. The smallest absolute Gasteiger partial charge is 0.0843 e. The van der Waals surface area contributed by atoms with E-state index in [2.05, 4.69) is 73.6 Å². The van der Waals surface area contributed by atoms with E-state index in [1.165, 1.54) is 20.6 Å². The van der Waals surface area contributed by atoms with Gasteiger partial charge in [-0.1, -0.05) is 30.3 Å². The van der Waals surface area contributed by atoms with Crippen molar-refractivity contribution in [3.63, 3.8) is 0 Å². The fourth-order valence-corrected chi connectivity index (χ4v) is 4.33. The summed E-state index contributed by atoms with van der Waals surface area (Å²) in [5.74, 6) is 0.707. The van der Waals surface area contributed by atoms with E-state index in [-0.39, 0.29) is 0 Å². The summed E-state index contributed by atoms with van der Waals surface area (Å²) in [6.45, 7) is 0.961. The van der Waals surface area contributed by atoms with Crippen molar-refractivity contribution in [1.82, 2.24) is 5.32 Å². The molecule has 0 aliphatic heterocycles. The molecule has 0 spiro atoms. The van der Waals surface area contributed by atoms with E-state index in [1.807, 2.05) is 0 Å². The molecule has 0 amide bonds. The summed E-state index contributed by atoms with van der Waals surface area (Å²) >= 11 is 8.84. The first-order valence-corrected chi connectivity index (χ1v) is 8.36. The van der Waals surface area contributed by atoms with Gasteiger partial charge in [-0.3, -0.25) is 0 Å². The Kier molecular flexibility index (Phi) is 3.89. The number of thiophene rings is 1. The third kappa shape index (κ3) is 2.87. The first-order valence-electron chi connectivity index (χ1n) is 5.96. The van der Waals surface area contributed by atoms with Gasteiger partial charge in [0.25, 0.3) is 0 Å². The Morgan fingerprint density at radius 3 is 2.67 bits per heavy atom. The van der Waals surface area contributed by atoms with Crippen molar-refractivity contribution in [3.05, 3.63) is 55.1 Å². The lowest BCUT2D eigenvalue weighted by Gasteiger charge is -2.02. The molecular formula is C14H13Br2NS. The molecule has 1 aliphatic rings. The minimum Gasteiger partial charge on any atom is -0.308 e. The quantitative estimate of drug-likeness (QED) is 0.786. The van der Waals surface area contributed by atoms with Gasteiger partial charge in [0.05, 0.1) is 3.79 Å². The number of hydrogen-bond donors (Lipinski definition) is 1. The van der Waals surface area contributed by atoms with Crippen molar-refractivity contribution < 1.29 is 0 Å². The summed E-state index contributed by atoms with van der Waals surface area (Å²) in [7, 11) is 0. The predicted molar refractivity (Wildman–Crippen MR) is 84.1 cm³/mol. The van der Waals surface area contributed by atoms with Crippen LogP contribution in [-0.2, 0) is 6.54 Å². The Hall–Kier alpha value is -0.160. The Morgan fingerprint density at radius 2 is 2.00 bits per heavy atom. The van der Waals surface area contributed by atoms with Gasteiger partial charge in [0, 0.05) is 27.9 Å². The largest absolute Gasteiger partial charge is 0.308 e. The van der Waals surface area contributed by atoms with E-state index in [0.29, 0.717) is 12.0 Å². The molecule has 1 N–H and O–H groups in total. The maximum atomic E-state index is 3.63. The van der Waals surface area contributed by atoms with Crippen molar-refractivity contribution in [3.8, 4) is 0 Å². The molecule has 4 heteroatoms. The second-order valence-corrected chi connectivity index (χ2v) is 7.88. The molecule has 2 atom stereocenters. The lowest BCUT2D eigenvalue weighted by atomic mass is 10.1. The Morgan fingerprint density at radius 1 is 1.22 bits per heavy atom. The topological polar surface area (TPSA) is 12.0 Å². The molecule has 3 rings (SSSR count). The highest BCUT2D eigenvalue weighted by molar-refractivity contribution is 9.13. The summed E-state index contributed by atoms with van der Waals surface area (Å²) in [5.41, 5.74) is 1.46. The van der Waals surface area contributed by atoms with Gasteiger partial charge in [-0.15, -0.1) is 11.3 Å². The van der Waals surface area contributed by atoms with Crippen LogP contribution in [0.15, 0.2) is 44.7 Å². The summed E-state index contributed by atoms with van der Waals surface area (Å²) in [6.07, 6.45) is 1.26. The van der Waals surface area contributed by atoms with Crippen molar-refractivity contribution in [2.75, 3.05) is 0 Å². The average Bonchev–Trinajstić information content (AvgIpc) is 3.09. The summed E-state index contributed by atoms with van der Waals surface area (Å²) in [4.78, 5) is 1.37. The van der Waals surface area contributed by atoms with Gasteiger partial charge >= 0.3 is 0 Å². The van der Waals surface area contributed by atoms with Crippen molar-refractivity contribution in [1.29, 1.82) is 0 Å². The number of benzene rings is 1. The molecule has 1 saturated carbocycles. The van der Waals surface area contributed by atoms with Crippen LogP contribution in [0.2, 0.25) is 0 Å². The molecule has 2 aromatic rings. The zero-order valence-electron chi connectivity index (χ0n) is 9.70. The first kappa shape index (κ1) is 12.9. The van der Waals surface area contributed by atoms with E-state index in [4.69, 9.17) is 0 Å². The van der Waals surface area contributed by atoms with E-state index in [0.717, 1.165) is 11.0 Å². The van der Waals surface area contributed by atoms with Gasteiger partial charge < -0.3 is 5.32 Å². The van der Waals surface area contributed by atoms with E-state index in [1.54, 1.807) is 11.3 Å². The van der Waals surface area contributed by atoms with Gasteiger partial charge in [-0.2, -0.15) is 0 Å². The van der Waals surface area contributed by atoms with Crippen LogP contribution in [0.25, 0.3) is 0 Å².